The molecule has 0 aliphatic heterocycles. The van der Waals surface area contributed by atoms with Crippen molar-refractivity contribution in [3.05, 3.63) is 5.89 Å². The summed E-state index contributed by atoms with van der Waals surface area (Å²) in [6.45, 7) is 7.40. The lowest BCUT2D eigenvalue weighted by Crippen LogP contribution is -2.33. The lowest BCUT2D eigenvalue weighted by Gasteiger charge is -2.32. The summed E-state index contributed by atoms with van der Waals surface area (Å²) < 4.78 is 5.59. The first-order chi connectivity index (χ1) is 8.19. The fourth-order valence-electron chi connectivity index (χ4n) is 2.11. The van der Waals surface area contributed by atoms with Gasteiger partial charge in [-0.3, -0.25) is 0 Å². The van der Waals surface area contributed by atoms with Crippen molar-refractivity contribution in [2.24, 2.45) is 5.92 Å². The molecule has 2 N–H and O–H groups in total. The summed E-state index contributed by atoms with van der Waals surface area (Å²) in [5.74, 6) is 1.48. The molecule has 1 fully saturated rings. The molecule has 0 aromatic carbocycles. The summed E-state index contributed by atoms with van der Waals surface area (Å²) in [6.07, 6.45) is 3.49. The summed E-state index contributed by atoms with van der Waals surface area (Å²) in [4.78, 5) is 0. The molecule has 0 spiro atoms. The van der Waals surface area contributed by atoms with Crippen molar-refractivity contribution in [3.63, 3.8) is 0 Å². The first-order valence-corrected chi connectivity index (χ1v) is 6.52. The molecule has 5 nitrogen and oxygen atoms in total. The largest absolute Gasteiger partial charge is 0.406 e. The minimum atomic E-state index is 0.123. The van der Waals surface area contributed by atoms with Crippen LogP contribution in [0.25, 0.3) is 0 Å². The number of anilines is 1. The molecule has 0 radical (unpaired) electrons. The molecule has 0 amide bonds. The van der Waals surface area contributed by atoms with Crippen LogP contribution in [-0.4, -0.2) is 22.8 Å². The Morgan fingerprint density at radius 2 is 2.18 bits per heavy atom. The summed E-state index contributed by atoms with van der Waals surface area (Å²) in [5, 5.41) is 14.7. The Kier molecular flexibility index (Phi) is 3.99. The van der Waals surface area contributed by atoms with E-state index in [9.17, 15) is 0 Å². The molecule has 0 saturated heterocycles. The van der Waals surface area contributed by atoms with Crippen molar-refractivity contribution < 1.29 is 4.42 Å². The Balaban J connectivity index is 1.82. The molecule has 1 heterocycles. The molecule has 1 unspecified atom stereocenters. The van der Waals surface area contributed by atoms with Crippen LogP contribution in [0.1, 0.15) is 52.0 Å². The lowest BCUT2D eigenvalue weighted by atomic mass is 9.82. The van der Waals surface area contributed by atoms with Crippen LogP contribution in [0.5, 0.6) is 0 Å². The van der Waals surface area contributed by atoms with Gasteiger partial charge in [0.25, 0.3) is 0 Å². The maximum atomic E-state index is 5.59. The second kappa shape index (κ2) is 5.49. The van der Waals surface area contributed by atoms with E-state index in [1.54, 1.807) is 0 Å². The third kappa shape index (κ3) is 3.19. The van der Waals surface area contributed by atoms with E-state index in [4.69, 9.17) is 4.42 Å². The zero-order chi connectivity index (χ0) is 12.3. The molecule has 1 aliphatic carbocycles. The molecular formula is C12H22N4O. The smallest absolute Gasteiger partial charge is 0.315 e. The number of hydrogen-bond acceptors (Lipinski definition) is 5. The summed E-state index contributed by atoms with van der Waals surface area (Å²) in [6, 6.07) is 1.19. The van der Waals surface area contributed by atoms with Gasteiger partial charge in [0.15, 0.2) is 0 Å². The Morgan fingerprint density at radius 1 is 1.41 bits per heavy atom. The highest BCUT2D eigenvalue weighted by Crippen LogP contribution is 2.29. The first kappa shape index (κ1) is 12.4. The Morgan fingerprint density at radius 3 is 2.82 bits per heavy atom. The zero-order valence-corrected chi connectivity index (χ0v) is 10.9. The topological polar surface area (TPSA) is 63.0 Å². The second-order valence-corrected chi connectivity index (χ2v) is 5.04. The number of rotatable bonds is 6. The van der Waals surface area contributed by atoms with Crippen LogP contribution >= 0.6 is 0 Å². The number of nitrogens with one attached hydrogen (secondary N) is 2. The Hall–Kier alpha value is -1.10. The molecule has 96 valence electrons. The highest BCUT2D eigenvalue weighted by Gasteiger charge is 2.26. The van der Waals surface area contributed by atoms with E-state index in [-0.39, 0.29) is 6.04 Å². The van der Waals surface area contributed by atoms with Gasteiger partial charge < -0.3 is 15.1 Å². The molecular weight excluding hydrogens is 216 g/mol. The van der Waals surface area contributed by atoms with Crippen molar-refractivity contribution in [2.75, 3.05) is 11.9 Å². The van der Waals surface area contributed by atoms with Gasteiger partial charge in [-0.2, -0.15) is 0 Å². The van der Waals surface area contributed by atoms with Crippen molar-refractivity contribution in [1.82, 2.24) is 15.5 Å². The molecule has 2 rings (SSSR count). The highest BCUT2D eigenvalue weighted by molar-refractivity contribution is 5.21. The van der Waals surface area contributed by atoms with E-state index in [0.29, 0.717) is 17.9 Å². The lowest BCUT2D eigenvalue weighted by molar-refractivity contribution is 0.302. The third-order valence-corrected chi connectivity index (χ3v) is 3.21. The molecule has 5 heteroatoms. The van der Waals surface area contributed by atoms with Crippen LogP contribution in [0.15, 0.2) is 4.42 Å². The quantitative estimate of drug-likeness (QED) is 0.796. The maximum absolute atomic E-state index is 5.59. The zero-order valence-electron chi connectivity index (χ0n) is 10.9. The van der Waals surface area contributed by atoms with E-state index in [0.717, 1.165) is 18.9 Å². The normalized spacial score (nSPS) is 25.4. The van der Waals surface area contributed by atoms with Crippen LogP contribution in [0, 0.1) is 5.92 Å². The maximum Gasteiger partial charge on any atom is 0.315 e. The summed E-state index contributed by atoms with van der Waals surface area (Å²) in [7, 11) is 0. The van der Waals surface area contributed by atoms with E-state index in [2.05, 4.69) is 34.7 Å². The SMILES string of the molecule is CCCNC(C)c1nnc(NC2CC(C)C2)o1. The third-order valence-electron chi connectivity index (χ3n) is 3.21. The number of nitrogens with zero attached hydrogens (tertiary/aromatic N) is 2. The fraction of sp³-hybridized carbons (Fsp3) is 0.833. The predicted molar refractivity (Wildman–Crippen MR) is 66.8 cm³/mol. The average Bonchev–Trinajstić information content (AvgIpc) is 2.72. The standard InChI is InChI=1S/C12H22N4O/c1-4-5-13-9(3)11-15-16-12(17-11)14-10-6-8(2)7-10/h8-10,13H,4-7H2,1-3H3,(H,14,16). The molecule has 0 bridgehead atoms. The van der Waals surface area contributed by atoms with Crippen LogP contribution < -0.4 is 10.6 Å². The summed E-state index contributed by atoms with van der Waals surface area (Å²) in [5.41, 5.74) is 0. The van der Waals surface area contributed by atoms with E-state index >= 15 is 0 Å². The molecule has 1 aromatic rings. The summed E-state index contributed by atoms with van der Waals surface area (Å²) >= 11 is 0. The van der Waals surface area contributed by atoms with Crippen molar-refractivity contribution >= 4 is 6.01 Å². The van der Waals surface area contributed by atoms with Crippen LogP contribution in [0.3, 0.4) is 0 Å². The molecule has 1 atom stereocenters. The van der Waals surface area contributed by atoms with E-state index in [1.165, 1.54) is 12.8 Å². The Labute approximate surface area is 102 Å². The monoisotopic (exact) mass is 238 g/mol. The highest BCUT2D eigenvalue weighted by atomic mass is 16.4. The average molecular weight is 238 g/mol. The minimum Gasteiger partial charge on any atom is -0.406 e. The Bertz CT molecular complexity index is 346. The van der Waals surface area contributed by atoms with Crippen molar-refractivity contribution in [3.8, 4) is 0 Å². The van der Waals surface area contributed by atoms with Crippen molar-refractivity contribution in [1.29, 1.82) is 0 Å². The second-order valence-electron chi connectivity index (χ2n) is 5.04. The predicted octanol–water partition coefficient (Wildman–Crippen LogP) is 2.34. The first-order valence-electron chi connectivity index (χ1n) is 6.52. The van der Waals surface area contributed by atoms with Gasteiger partial charge in [-0.1, -0.05) is 18.9 Å². The molecule has 1 saturated carbocycles. The van der Waals surface area contributed by atoms with Gasteiger partial charge in [0.2, 0.25) is 5.89 Å². The van der Waals surface area contributed by atoms with Gasteiger partial charge in [0, 0.05) is 6.04 Å². The number of hydrogen-bond donors (Lipinski definition) is 2. The minimum absolute atomic E-state index is 0.123. The molecule has 1 aliphatic rings. The van der Waals surface area contributed by atoms with E-state index in [1.807, 2.05) is 6.92 Å². The van der Waals surface area contributed by atoms with E-state index < -0.39 is 0 Å². The number of aromatic nitrogens is 2. The van der Waals surface area contributed by atoms with Gasteiger partial charge in [-0.15, -0.1) is 5.10 Å². The molecule has 1 aromatic heterocycles. The van der Waals surface area contributed by atoms with Crippen LogP contribution in [0.2, 0.25) is 0 Å². The molecule has 17 heavy (non-hydrogen) atoms. The van der Waals surface area contributed by atoms with Crippen LogP contribution in [0.4, 0.5) is 6.01 Å². The van der Waals surface area contributed by atoms with Gasteiger partial charge >= 0.3 is 6.01 Å². The van der Waals surface area contributed by atoms with Crippen LogP contribution in [-0.2, 0) is 0 Å². The van der Waals surface area contributed by atoms with Gasteiger partial charge in [-0.25, -0.2) is 0 Å². The van der Waals surface area contributed by atoms with Gasteiger partial charge in [0.05, 0.1) is 6.04 Å². The van der Waals surface area contributed by atoms with Crippen molar-refractivity contribution in [2.45, 2.75) is 52.1 Å². The van der Waals surface area contributed by atoms with Gasteiger partial charge in [-0.05, 0) is 38.6 Å². The fourth-order valence-corrected chi connectivity index (χ4v) is 2.11. The van der Waals surface area contributed by atoms with Gasteiger partial charge in [0.1, 0.15) is 0 Å².